The number of ether oxygens (including phenoxy) is 1. The predicted octanol–water partition coefficient (Wildman–Crippen LogP) is 2.10. The van der Waals surface area contributed by atoms with Gasteiger partial charge in [-0.3, -0.25) is 19.3 Å². The Morgan fingerprint density at radius 2 is 1.97 bits per heavy atom. The van der Waals surface area contributed by atoms with Gasteiger partial charge < -0.3 is 25.3 Å². The molecule has 0 atom stereocenters. The molecule has 5 rings (SSSR count). The van der Waals surface area contributed by atoms with Crippen LogP contribution in [0.25, 0.3) is 11.6 Å². The Morgan fingerprint density at radius 3 is 2.74 bits per heavy atom. The smallest absolute Gasteiger partial charge is 0.256 e. The molecule has 0 aliphatic carbocycles. The molecular weight excluding hydrogens is 434 g/mol. The molecule has 9 nitrogen and oxygen atoms in total. The molecule has 0 bridgehead atoms. The van der Waals surface area contributed by atoms with E-state index in [1.807, 2.05) is 11.8 Å². The lowest BCUT2D eigenvalue weighted by Crippen LogP contribution is -2.45. The van der Waals surface area contributed by atoms with Gasteiger partial charge >= 0.3 is 0 Å². The summed E-state index contributed by atoms with van der Waals surface area (Å²) in [5, 5.41) is 5.63. The number of rotatable bonds is 5. The van der Waals surface area contributed by atoms with Gasteiger partial charge in [0.1, 0.15) is 0 Å². The summed E-state index contributed by atoms with van der Waals surface area (Å²) in [5.41, 5.74) is 5.79. The summed E-state index contributed by atoms with van der Waals surface area (Å²) < 4.78 is 5.41. The van der Waals surface area contributed by atoms with Crippen LogP contribution in [-0.4, -0.2) is 78.4 Å². The van der Waals surface area contributed by atoms with Gasteiger partial charge in [0.15, 0.2) is 0 Å². The first-order chi connectivity index (χ1) is 16.4. The first-order valence-electron chi connectivity index (χ1n) is 11.7. The Morgan fingerprint density at radius 1 is 1.18 bits per heavy atom. The van der Waals surface area contributed by atoms with Crippen molar-refractivity contribution in [3.05, 3.63) is 46.3 Å². The van der Waals surface area contributed by atoms with Crippen molar-refractivity contribution in [2.24, 2.45) is 0 Å². The van der Waals surface area contributed by atoms with E-state index in [1.165, 1.54) is 6.92 Å². The lowest BCUT2D eigenvalue weighted by Gasteiger charge is -2.32. The van der Waals surface area contributed by atoms with Gasteiger partial charge in [-0.05, 0) is 36.8 Å². The number of morpholine rings is 1. The van der Waals surface area contributed by atoms with Crippen molar-refractivity contribution in [2.75, 3.05) is 56.6 Å². The highest BCUT2D eigenvalue weighted by Crippen LogP contribution is 2.36. The van der Waals surface area contributed by atoms with Gasteiger partial charge in [-0.15, -0.1) is 0 Å². The third-order valence-electron chi connectivity index (χ3n) is 6.70. The Kier molecular flexibility index (Phi) is 5.97. The van der Waals surface area contributed by atoms with E-state index in [-0.39, 0.29) is 17.7 Å². The zero-order valence-electron chi connectivity index (χ0n) is 19.5. The maximum atomic E-state index is 13.3. The van der Waals surface area contributed by atoms with E-state index in [2.05, 4.69) is 20.5 Å². The number of amides is 3. The quantitative estimate of drug-likeness (QED) is 0.589. The van der Waals surface area contributed by atoms with Crippen LogP contribution in [0.5, 0.6) is 0 Å². The average Bonchev–Trinajstić information content (AvgIpc) is 3.30. The Hall–Kier alpha value is -3.43. The summed E-state index contributed by atoms with van der Waals surface area (Å²) in [5.74, 6) is -0.343. The molecule has 34 heavy (non-hydrogen) atoms. The van der Waals surface area contributed by atoms with Crippen LogP contribution in [0.4, 0.5) is 11.4 Å². The van der Waals surface area contributed by atoms with Gasteiger partial charge in [-0.2, -0.15) is 0 Å². The van der Waals surface area contributed by atoms with Gasteiger partial charge in [-0.1, -0.05) is 0 Å². The minimum atomic E-state index is -0.208. The van der Waals surface area contributed by atoms with Crippen LogP contribution in [0, 0.1) is 6.92 Å². The summed E-state index contributed by atoms with van der Waals surface area (Å²) in [7, 11) is 0. The molecule has 3 N–H and O–H groups in total. The second-order valence-corrected chi connectivity index (χ2v) is 8.97. The molecule has 3 aliphatic heterocycles. The van der Waals surface area contributed by atoms with Crippen LogP contribution < -0.4 is 10.6 Å². The number of fused-ring (bicyclic) bond motifs is 2. The molecule has 0 spiro atoms. The zero-order chi connectivity index (χ0) is 23.8. The largest absolute Gasteiger partial charge is 0.379 e. The van der Waals surface area contributed by atoms with Crippen LogP contribution in [0.2, 0.25) is 0 Å². The highest BCUT2D eigenvalue weighted by atomic mass is 16.5. The molecule has 1 aromatic heterocycles. The molecule has 9 heteroatoms. The van der Waals surface area contributed by atoms with Crippen molar-refractivity contribution < 1.29 is 19.1 Å². The minimum Gasteiger partial charge on any atom is -0.379 e. The normalized spacial score (nSPS) is 19.2. The van der Waals surface area contributed by atoms with E-state index in [0.717, 1.165) is 61.8 Å². The van der Waals surface area contributed by atoms with Crippen LogP contribution in [-0.2, 0) is 20.7 Å². The monoisotopic (exact) mass is 463 g/mol. The molecule has 0 unspecified atom stereocenters. The van der Waals surface area contributed by atoms with Crippen LogP contribution in [0.3, 0.4) is 0 Å². The second-order valence-electron chi connectivity index (χ2n) is 8.97. The standard InChI is InChI=1S/C25H29N5O4/c1-15-22(14-19-18-13-17(26-16(2)31)3-4-20(18)28-24(19)32)27-21-5-6-30(25(33)23(15)21)8-7-29-9-11-34-12-10-29/h3-4,13-14,27H,5-12H2,1-2H3,(H,26,31)(H,28,32)/b19-14-. The lowest BCUT2D eigenvalue weighted by molar-refractivity contribution is -0.114. The van der Waals surface area contributed by atoms with Crippen molar-refractivity contribution in [3.8, 4) is 0 Å². The SMILES string of the molecule is CC(=O)Nc1ccc2c(c1)/C(=C/c1[nH]c3c(c1C)C(=O)N(CCN1CCOCC1)CC3)C(=O)N2. The number of H-pyrrole nitrogens is 1. The van der Waals surface area contributed by atoms with Gasteiger partial charge in [0.2, 0.25) is 5.91 Å². The number of hydrogen-bond donors (Lipinski definition) is 3. The van der Waals surface area contributed by atoms with E-state index in [4.69, 9.17) is 4.74 Å². The molecule has 3 amide bonds. The Bertz CT molecular complexity index is 1190. The molecule has 0 radical (unpaired) electrons. The number of aromatic amines is 1. The van der Waals surface area contributed by atoms with E-state index >= 15 is 0 Å². The van der Waals surface area contributed by atoms with E-state index in [1.54, 1.807) is 24.3 Å². The van der Waals surface area contributed by atoms with Crippen molar-refractivity contribution in [2.45, 2.75) is 20.3 Å². The third kappa shape index (κ3) is 4.24. The number of benzene rings is 1. The summed E-state index contributed by atoms with van der Waals surface area (Å²) in [6.45, 7) is 8.89. The number of anilines is 2. The molecule has 1 fully saturated rings. The molecule has 4 heterocycles. The maximum Gasteiger partial charge on any atom is 0.256 e. The van der Waals surface area contributed by atoms with Gasteiger partial charge in [0, 0.05) is 74.4 Å². The average molecular weight is 464 g/mol. The molecule has 1 aromatic carbocycles. The van der Waals surface area contributed by atoms with Crippen molar-refractivity contribution >= 4 is 40.7 Å². The summed E-state index contributed by atoms with van der Waals surface area (Å²) in [4.78, 5) is 45.1. The van der Waals surface area contributed by atoms with E-state index in [9.17, 15) is 14.4 Å². The third-order valence-corrected chi connectivity index (χ3v) is 6.70. The first kappa shape index (κ1) is 22.4. The van der Waals surface area contributed by atoms with Crippen molar-refractivity contribution in [1.29, 1.82) is 0 Å². The number of aromatic nitrogens is 1. The topological polar surface area (TPSA) is 107 Å². The molecule has 178 valence electrons. The van der Waals surface area contributed by atoms with Crippen molar-refractivity contribution in [1.82, 2.24) is 14.8 Å². The lowest BCUT2D eigenvalue weighted by atomic mass is 10.0. The first-order valence-corrected chi connectivity index (χ1v) is 11.7. The highest BCUT2D eigenvalue weighted by Gasteiger charge is 2.31. The predicted molar refractivity (Wildman–Crippen MR) is 130 cm³/mol. The summed E-state index contributed by atoms with van der Waals surface area (Å²) in [6.07, 6.45) is 2.56. The minimum absolute atomic E-state index is 0.0390. The number of carbonyl (C=O) groups is 3. The van der Waals surface area contributed by atoms with E-state index in [0.29, 0.717) is 35.6 Å². The molecule has 1 saturated heterocycles. The van der Waals surface area contributed by atoms with Crippen LogP contribution >= 0.6 is 0 Å². The van der Waals surface area contributed by atoms with Gasteiger partial charge in [-0.25, -0.2) is 0 Å². The number of hydrogen-bond acceptors (Lipinski definition) is 5. The molecule has 0 saturated carbocycles. The number of carbonyl (C=O) groups excluding carboxylic acids is 3. The van der Waals surface area contributed by atoms with E-state index < -0.39 is 0 Å². The number of nitrogens with zero attached hydrogens (tertiary/aromatic N) is 2. The fourth-order valence-corrected chi connectivity index (χ4v) is 4.86. The Labute approximate surface area is 198 Å². The molecule has 3 aliphatic rings. The second kappa shape index (κ2) is 9.08. The Balaban J connectivity index is 1.39. The van der Waals surface area contributed by atoms with Crippen molar-refractivity contribution in [3.63, 3.8) is 0 Å². The fraction of sp³-hybridized carbons (Fsp3) is 0.400. The highest BCUT2D eigenvalue weighted by molar-refractivity contribution is 6.35. The number of nitrogens with one attached hydrogen (secondary N) is 3. The zero-order valence-corrected chi connectivity index (χ0v) is 19.5. The van der Waals surface area contributed by atoms with Gasteiger partial charge in [0.25, 0.3) is 11.8 Å². The summed E-state index contributed by atoms with van der Waals surface area (Å²) >= 11 is 0. The maximum absolute atomic E-state index is 13.3. The van der Waals surface area contributed by atoms with Crippen LogP contribution in [0.15, 0.2) is 18.2 Å². The molecule has 2 aromatic rings. The fourth-order valence-electron chi connectivity index (χ4n) is 4.86. The van der Waals surface area contributed by atoms with Gasteiger partial charge in [0.05, 0.1) is 24.4 Å². The molecular formula is C25H29N5O4. The van der Waals surface area contributed by atoms with Crippen LogP contribution in [0.1, 0.15) is 39.8 Å². The summed E-state index contributed by atoms with van der Waals surface area (Å²) in [6, 6.07) is 5.32.